The molecule has 0 atom stereocenters. The quantitative estimate of drug-likeness (QED) is 0.382. The minimum Gasteiger partial charge on any atom is -0.409 e. The van der Waals surface area contributed by atoms with Gasteiger partial charge in [0.1, 0.15) is 5.82 Å². The van der Waals surface area contributed by atoms with Crippen molar-refractivity contribution in [3.8, 4) is 0 Å². The van der Waals surface area contributed by atoms with Crippen molar-refractivity contribution in [2.75, 3.05) is 4.90 Å². The number of fused-ring (bicyclic) bond motifs is 1. The Balaban J connectivity index is 2.01. The predicted molar refractivity (Wildman–Crippen MR) is 75.2 cm³/mol. The van der Waals surface area contributed by atoms with Crippen LogP contribution in [0.2, 0.25) is 0 Å². The first-order valence-electron chi connectivity index (χ1n) is 6.28. The van der Waals surface area contributed by atoms with Crippen LogP contribution in [0.5, 0.6) is 0 Å². The van der Waals surface area contributed by atoms with E-state index in [-0.39, 0.29) is 5.84 Å². The van der Waals surface area contributed by atoms with Gasteiger partial charge in [0.25, 0.3) is 0 Å². The molecule has 1 aliphatic heterocycles. The molecule has 4 nitrogen and oxygen atoms in total. The molecular formula is C15H14FN3O. The summed E-state index contributed by atoms with van der Waals surface area (Å²) in [6.07, 6.45) is 0. The number of oxime groups is 1. The average molecular weight is 271 g/mol. The third kappa shape index (κ3) is 2.07. The second-order valence-electron chi connectivity index (χ2n) is 4.77. The van der Waals surface area contributed by atoms with Crippen LogP contribution >= 0.6 is 0 Å². The number of halogens is 1. The lowest BCUT2D eigenvalue weighted by Gasteiger charge is -2.21. The molecule has 1 heterocycles. The fourth-order valence-electron chi connectivity index (χ4n) is 2.55. The van der Waals surface area contributed by atoms with Gasteiger partial charge in [-0.25, -0.2) is 4.39 Å². The van der Waals surface area contributed by atoms with Gasteiger partial charge in [-0.05, 0) is 29.3 Å². The number of nitrogens with two attached hydrogens (primary N) is 1. The lowest BCUT2D eigenvalue weighted by Crippen LogP contribution is -2.22. The first kappa shape index (κ1) is 12.5. The molecule has 1 aliphatic rings. The third-order valence-corrected chi connectivity index (χ3v) is 3.52. The molecule has 0 amide bonds. The van der Waals surface area contributed by atoms with E-state index in [1.807, 2.05) is 12.1 Å². The van der Waals surface area contributed by atoms with Gasteiger partial charge in [0.05, 0.1) is 0 Å². The van der Waals surface area contributed by atoms with Crippen molar-refractivity contribution in [3.05, 3.63) is 65.0 Å². The van der Waals surface area contributed by atoms with Gasteiger partial charge in [-0.15, -0.1) is 0 Å². The predicted octanol–water partition coefficient (Wildman–Crippen LogP) is 2.44. The van der Waals surface area contributed by atoms with Crippen LogP contribution in [0.25, 0.3) is 0 Å². The molecule has 0 aromatic heterocycles. The maximum absolute atomic E-state index is 13.4. The summed E-state index contributed by atoms with van der Waals surface area (Å²) in [5, 5.41) is 11.8. The normalized spacial score (nSPS) is 14.4. The molecular weight excluding hydrogens is 257 g/mol. The number of nitrogens with zero attached hydrogens (tertiary/aromatic N) is 2. The van der Waals surface area contributed by atoms with Gasteiger partial charge < -0.3 is 15.8 Å². The van der Waals surface area contributed by atoms with Gasteiger partial charge in [-0.2, -0.15) is 0 Å². The number of hydrogen-bond acceptors (Lipinski definition) is 3. The van der Waals surface area contributed by atoms with Gasteiger partial charge in [-0.1, -0.05) is 29.4 Å². The summed E-state index contributed by atoms with van der Waals surface area (Å²) < 4.78 is 13.4. The van der Waals surface area contributed by atoms with Crippen molar-refractivity contribution >= 4 is 11.5 Å². The van der Waals surface area contributed by atoms with Crippen LogP contribution in [0, 0.1) is 5.82 Å². The minimum absolute atomic E-state index is 0.0875. The van der Waals surface area contributed by atoms with Crippen molar-refractivity contribution in [1.29, 1.82) is 0 Å². The molecule has 3 N–H and O–H groups in total. The molecule has 0 saturated carbocycles. The van der Waals surface area contributed by atoms with Crippen molar-refractivity contribution in [2.45, 2.75) is 13.1 Å². The number of hydrogen-bond donors (Lipinski definition) is 2. The van der Waals surface area contributed by atoms with Crippen LogP contribution in [-0.2, 0) is 13.1 Å². The Hall–Kier alpha value is -2.56. The molecule has 0 aliphatic carbocycles. The Labute approximate surface area is 115 Å². The van der Waals surface area contributed by atoms with E-state index in [0.717, 1.165) is 18.8 Å². The molecule has 2 aromatic rings. The fourth-order valence-corrected chi connectivity index (χ4v) is 2.55. The molecule has 0 saturated heterocycles. The molecule has 0 bridgehead atoms. The van der Waals surface area contributed by atoms with Crippen LogP contribution in [0.4, 0.5) is 10.1 Å². The Morgan fingerprint density at radius 3 is 2.40 bits per heavy atom. The summed E-state index contributed by atoms with van der Waals surface area (Å²) in [5.74, 6) is -0.498. The second-order valence-corrected chi connectivity index (χ2v) is 4.77. The zero-order valence-electron chi connectivity index (χ0n) is 10.8. The number of anilines is 1. The van der Waals surface area contributed by atoms with Crippen molar-refractivity contribution in [2.24, 2.45) is 10.9 Å². The topological polar surface area (TPSA) is 61.9 Å². The summed E-state index contributed by atoms with van der Waals surface area (Å²) >= 11 is 0. The third-order valence-electron chi connectivity index (χ3n) is 3.52. The molecule has 0 fully saturated rings. The first-order valence-corrected chi connectivity index (χ1v) is 6.28. The van der Waals surface area contributed by atoms with Gasteiger partial charge in [0, 0.05) is 24.3 Å². The standard InChI is InChI=1S/C15H14FN3O/c16-12-5-6-14(13(7-12)15(17)18-20)19-8-10-3-1-2-4-11(10)9-19/h1-7,20H,8-9H2,(H2,17,18). The maximum atomic E-state index is 13.4. The van der Waals surface area contributed by atoms with Gasteiger partial charge >= 0.3 is 0 Å². The summed E-state index contributed by atoms with van der Waals surface area (Å²) in [7, 11) is 0. The summed E-state index contributed by atoms with van der Waals surface area (Å²) in [6.45, 7) is 1.46. The number of rotatable bonds is 2. The van der Waals surface area contributed by atoms with E-state index >= 15 is 0 Å². The van der Waals surface area contributed by atoms with E-state index in [9.17, 15) is 4.39 Å². The highest BCUT2D eigenvalue weighted by Gasteiger charge is 2.22. The molecule has 3 rings (SSSR count). The van der Waals surface area contributed by atoms with Crippen LogP contribution in [-0.4, -0.2) is 11.0 Å². The SMILES string of the molecule is NC(=NO)c1cc(F)ccc1N1Cc2ccccc2C1. The van der Waals surface area contributed by atoms with Crippen LogP contribution in [0.15, 0.2) is 47.6 Å². The van der Waals surface area contributed by atoms with Crippen LogP contribution in [0.3, 0.4) is 0 Å². The molecule has 0 radical (unpaired) electrons. The molecule has 5 heteroatoms. The molecule has 102 valence electrons. The molecule has 2 aromatic carbocycles. The molecule has 0 spiro atoms. The second kappa shape index (κ2) is 4.85. The van der Waals surface area contributed by atoms with Gasteiger partial charge in [0.15, 0.2) is 5.84 Å². The maximum Gasteiger partial charge on any atom is 0.172 e. The minimum atomic E-state index is -0.410. The number of amidine groups is 1. The van der Waals surface area contributed by atoms with E-state index in [0.29, 0.717) is 5.56 Å². The Kier molecular flexibility index (Phi) is 3.02. The lowest BCUT2D eigenvalue weighted by molar-refractivity contribution is 0.318. The fraction of sp³-hybridized carbons (Fsp3) is 0.133. The zero-order chi connectivity index (χ0) is 14.1. The Morgan fingerprint density at radius 1 is 1.15 bits per heavy atom. The van der Waals surface area contributed by atoms with Crippen LogP contribution < -0.4 is 10.6 Å². The molecule has 20 heavy (non-hydrogen) atoms. The first-order chi connectivity index (χ1) is 9.69. The van der Waals surface area contributed by atoms with Gasteiger partial charge in [0.2, 0.25) is 0 Å². The van der Waals surface area contributed by atoms with E-state index in [1.54, 1.807) is 6.07 Å². The van der Waals surface area contributed by atoms with Crippen molar-refractivity contribution in [3.63, 3.8) is 0 Å². The van der Waals surface area contributed by atoms with Crippen LogP contribution in [0.1, 0.15) is 16.7 Å². The van der Waals surface area contributed by atoms with E-state index in [2.05, 4.69) is 22.2 Å². The summed E-state index contributed by atoms with van der Waals surface area (Å²) in [6, 6.07) is 12.5. The van der Waals surface area contributed by atoms with E-state index < -0.39 is 5.82 Å². The summed E-state index contributed by atoms with van der Waals surface area (Å²) in [4.78, 5) is 2.08. The van der Waals surface area contributed by atoms with Crippen molar-refractivity contribution < 1.29 is 9.60 Å². The smallest absolute Gasteiger partial charge is 0.172 e. The monoisotopic (exact) mass is 271 g/mol. The lowest BCUT2D eigenvalue weighted by atomic mass is 10.1. The molecule has 0 unspecified atom stereocenters. The summed E-state index contributed by atoms with van der Waals surface area (Å²) in [5.41, 5.74) is 9.28. The number of benzene rings is 2. The average Bonchev–Trinajstić information content (AvgIpc) is 2.90. The highest BCUT2D eigenvalue weighted by molar-refractivity contribution is 6.02. The largest absolute Gasteiger partial charge is 0.409 e. The van der Waals surface area contributed by atoms with Crippen molar-refractivity contribution in [1.82, 2.24) is 0 Å². The highest BCUT2D eigenvalue weighted by atomic mass is 19.1. The van der Waals surface area contributed by atoms with E-state index in [4.69, 9.17) is 10.9 Å². The highest BCUT2D eigenvalue weighted by Crippen LogP contribution is 2.30. The Bertz CT molecular complexity index is 660. The zero-order valence-corrected chi connectivity index (χ0v) is 10.8. The Morgan fingerprint density at radius 2 is 1.80 bits per heavy atom. The van der Waals surface area contributed by atoms with Gasteiger partial charge in [-0.3, -0.25) is 0 Å². The van der Waals surface area contributed by atoms with E-state index in [1.165, 1.54) is 23.3 Å².